The molecular formula is C33H40O20. The zero-order valence-electron chi connectivity index (χ0n) is 27.7. The fourth-order valence-corrected chi connectivity index (χ4v) is 6.29. The zero-order chi connectivity index (χ0) is 38.5. The minimum Gasteiger partial charge on any atom is -0.508 e. The van der Waals surface area contributed by atoms with Gasteiger partial charge < -0.3 is 94.1 Å². The first-order chi connectivity index (χ1) is 25.1. The number of rotatable bonds is 9. The smallest absolute Gasteiger partial charge is 0.239 e. The first-order valence-electron chi connectivity index (χ1n) is 16.4. The summed E-state index contributed by atoms with van der Waals surface area (Å²) >= 11 is 0. The van der Waals surface area contributed by atoms with E-state index in [2.05, 4.69) is 0 Å². The third kappa shape index (κ3) is 7.52. The molecule has 3 saturated heterocycles. The van der Waals surface area contributed by atoms with Crippen molar-refractivity contribution in [3.05, 3.63) is 46.6 Å². The molecule has 0 amide bonds. The summed E-state index contributed by atoms with van der Waals surface area (Å²) in [6, 6.07) is 7.28. The summed E-state index contributed by atoms with van der Waals surface area (Å²) in [5.41, 5.74) is -1.22. The second-order valence-electron chi connectivity index (χ2n) is 12.9. The molecule has 0 aliphatic carbocycles. The average molecular weight is 757 g/mol. The molecule has 53 heavy (non-hydrogen) atoms. The van der Waals surface area contributed by atoms with Gasteiger partial charge in [0, 0.05) is 17.7 Å². The molecule has 3 aromatic rings. The first-order valence-corrected chi connectivity index (χ1v) is 16.4. The molecule has 15 atom stereocenters. The van der Waals surface area contributed by atoms with Gasteiger partial charge in [-0.3, -0.25) is 4.79 Å². The molecule has 3 aliphatic rings. The van der Waals surface area contributed by atoms with Crippen molar-refractivity contribution in [2.45, 2.75) is 99.0 Å². The van der Waals surface area contributed by atoms with Gasteiger partial charge in [-0.2, -0.15) is 0 Å². The van der Waals surface area contributed by atoms with Crippen LogP contribution in [-0.2, 0) is 23.7 Å². The number of aliphatic hydroxyl groups is 9. The topological polar surface area (TPSA) is 328 Å². The minimum atomic E-state index is -2.02. The molecule has 20 nitrogen and oxygen atoms in total. The molecule has 0 radical (unpaired) electrons. The normalized spacial score (nSPS) is 37.8. The van der Waals surface area contributed by atoms with Crippen LogP contribution in [0.5, 0.6) is 23.0 Å². The predicted octanol–water partition coefficient (Wildman–Crippen LogP) is -3.57. The number of hydrogen-bond acceptors (Lipinski definition) is 20. The summed E-state index contributed by atoms with van der Waals surface area (Å²) in [6.45, 7) is -0.127. The number of phenolic OH excluding ortho intramolecular Hbond substituents is 3. The molecule has 6 rings (SSSR count). The van der Waals surface area contributed by atoms with E-state index in [0.29, 0.717) is 0 Å². The van der Waals surface area contributed by atoms with Crippen LogP contribution in [0.1, 0.15) is 6.92 Å². The maximum atomic E-state index is 13.8. The number of ether oxygens (including phenoxy) is 6. The lowest BCUT2D eigenvalue weighted by Crippen LogP contribution is -2.64. The van der Waals surface area contributed by atoms with Crippen molar-refractivity contribution in [2.75, 3.05) is 13.2 Å². The second kappa shape index (κ2) is 15.6. The second-order valence-corrected chi connectivity index (χ2v) is 12.9. The molecule has 0 bridgehead atoms. The van der Waals surface area contributed by atoms with Crippen molar-refractivity contribution in [3.8, 4) is 34.3 Å². The van der Waals surface area contributed by atoms with E-state index in [1.807, 2.05) is 0 Å². The van der Waals surface area contributed by atoms with Crippen molar-refractivity contribution in [3.63, 3.8) is 0 Å². The molecule has 0 saturated carbocycles. The van der Waals surface area contributed by atoms with Crippen molar-refractivity contribution in [2.24, 2.45) is 0 Å². The van der Waals surface area contributed by atoms with Gasteiger partial charge >= 0.3 is 0 Å². The maximum absolute atomic E-state index is 13.8. The quantitative estimate of drug-likeness (QED) is 0.100. The van der Waals surface area contributed by atoms with Crippen molar-refractivity contribution in [1.29, 1.82) is 0 Å². The van der Waals surface area contributed by atoms with Crippen molar-refractivity contribution in [1.82, 2.24) is 0 Å². The van der Waals surface area contributed by atoms with Crippen LogP contribution < -0.4 is 10.2 Å². The van der Waals surface area contributed by atoms with Crippen LogP contribution >= 0.6 is 0 Å². The molecule has 12 N–H and O–H groups in total. The van der Waals surface area contributed by atoms with Gasteiger partial charge in [-0.25, -0.2) is 0 Å². The van der Waals surface area contributed by atoms with E-state index in [1.54, 1.807) is 0 Å². The van der Waals surface area contributed by atoms with Gasteiger partial charge in [-0.15, -0.1) is 0 Å². The van der Waals surface area contributed by atoms with E-state index in [4.69, 9.17) is 32.8 Å². The SMILES string of the molecule is CC1OC(OCC2OC(Oc3c(-c4cccc(O)c4)oc4cc(O)cc(O)c4c3=O)C(O)C(O)C2O)C(OC2OC(CO)C(O)C(O)C2O)C(O)C1O. The van der Waals surface area contributed by atoms with Crippen LogP contribution in [0.25, 0.3) is 22.3 Å². The standard InChI is InChI=1S/C33H40O20/c1-10-19(38)25(44)30(53-31-26(45)23(42)20(39)16(8-34)50-31)33(48-10)47-9-17-21(40)24(43)27(46)32(51-17)52-29-22(41)18-14(37)6-13(36)7-15(18)49-28(29)11-3-2-4-12(35)5-11/h2-7,10,16-17,19-21,23-27,30-40,42-46H,8-9H2,1H3. The van der Waals surface area contributed by atoms with Crippen molar-refractivity contribution >= 4 is 11.0 Å². The maximum Gasteiger partial charge on any atom is 0.239 e. The first kappa shape index (κ1) is 39.0. The Hall–Kier alpha value is -3.71. The Kier molecular flexibility index (Phi) is 11.5. The van der Waals surface area contributed by atoms with E-state index >= 15 is 0 Å². The third-order valence-corrected chi connectivity index (χ3v) is 9.28. The highest BCUT2D eigenvalue weighted by atomic mass is 16.8. The molecule has 3 aliphatic heterocycles. The van der Waals surface area contributed by atoms with Gasteiger partial charge in [0.1, 0.15) is 95.4 Å². The summed E-state index contributed by atoms with van der Waals surface area (Å²) in [5, 5.41) is 124. The fraction of sp³-hybridized carbons (Fsp3) is 0.545. The monoisotopic (exact) mass is 756 g/mol. The van der Waals surface area contributed by atoms with Gasteiger partial charge in [0.15, 0.2) is 18.3 Å². The van der Waals surface area contributed by atoms with Crippen LogP contribution in [0.15, 0.2) is 45.6 Å². The molecule has 15 unspecified atom stereocenters. The van der Waals surface area contributed by atoms with E-state index in [0.717, 1.165) is 12.1 Å². The van der Waals surface area contributed by atoms with E-state index < -0.39 is 133 Å². The van der Waals surface area contributed by atoms with Crippen LogP contribution in [0, 0.1) is 0 Å². The van der Waals surface area contributed by atoms with Gasteiger partial charge in [0.05, 0.1) is 19.3 Å². The Labute approximate surface area is 298 Å². The van der Waals surface area contributed by atoms with Gasteiger partial charge in [-0.1, -0.05) is 12.1 Å². The van der Waals surface area contributed by atoms with Crippen LogP contribution in [0.4, 0.5) is 0 Å². The molecule has 20 heteroatoms. The van der Waals surface area contributed by atoms with Crippen molar-refractivity contribution < 1.29 is 94.1 Å². The number of aliphatic hydroxyl groups excluding tert-OH is 9. The Morgan fingerprint density at radius 1 is 0.698 bits per heavy atom. The van der Waals surface area contributed by atoms with Gasteiger partial charge in [0.2, 0.25) is 17.5 Å². The predicted molar refractivity (Wildman–Crippen MR) is 171 cm³/mol. The molecule has 3 fully saturated rings. The summed E-state index contributed by atoms with van der Waals surface area (Å²) in [4.78, 5) is 13.8. The minimum absolute atomic E-state index is 0.0716. The highest BCUT2D eigenvalue weighted by Gasteiger charge is 2.51. The van der Waals surface area contributed by atoms with Crippen LogP contribution in [0.3, 0.4) is 0 Å². The number of phenols is 3. The lowest BCUT2D eigenvalue weighted by molar-refractivity contribution is -0.369. The number of hydrogen-bond donors (Lipinski definition) is 12. The molecular weight excluding hydrogens is 716 g/mol. The lowest BCUT2D eigenvalue weighted by Gasteiger charge is -2.46. The average Bonchev–Trinajstić information content (AvgIpc) is 3.12. The summed E-state index contributed by atoms with van der Waals surface area (Å²) in [5.74, 6) is -2.41. The Morgan fingerprint density at radius 3 is 2.04 bits per heavy atom. The van der Waals surface area contributed by atoms with E-state index in [1.165, 1.54) is 31.2 Å². The van der Waals surface area contributed by atoms with Crippen LogP contribution in [0.2, 0.25) is 0 Å². The van der Waals surface area contributed by atoms with Gasteiger partial charge in [0.25, 0.3) is 0 Å². The summed E-state index contributed by atoms with van der Waals surface area (Å²) in [6.07, 6.45) is -25.8. The summed E-state index contributed by atoms with van der Waals surface area (Å²) in [7, 11) is 0. The largest absolute Gasteiger partial charge is 0.508 e. The molecule has 0 spiro atoms. The highest BCUT2D eigenvalue weighted by molar-refractivity contribution is 5.88. The third-order valence-electron chi connectivity index (χ3n) is 9.28. The molecule has 292 valence electrons. The number of benzene rings is 2. The molecule has 2 aromatic carbocycles. The van der Waals surface area contributed by atoms with Gasteiger partial charge in [-0.05, 0) is 19.1 Å². The summed E-state index contributed by atoms with van der Waals surface area (Å²) < 4.78 is 39.7. The Balaban J connectivity index is 1.26. The zero-order valence-corrected chi connectivity index (χ0v) is 27.7. The fourth-order valence-electron chi connectivity index (χ4n) is 6.29. The lowest BCUT2D eigenvalue weighted by atomic mass is 9.97. The highest BCUT2D eigenvalue weighted by Crippen LogP contribution is 2.38. The Morgan fingerprint density at radius 2 is 1.36 bits per heavy atom. The Bertz CT molecular complexity index is 1800. The molecule has 1 aromatic heterocycles. The van der Waals surface area contributed by atoms with Crippen LogP contribution in [-0.4, -0.2) is 167 Å². The van der Waals surface area contributed by atoms with E-state index in [9.17, 15) is 66.1 Å². The number of aromatic hydroxyl groups is 3. The number of fused-ring (bicyclic) bond motifs is 1. The van der Waals surface area contributed by atoms with E-state index in [-0.39, 0.29) is 22.7 Å². The molecule has 4 heterocycles.